The highest BCUT2D eigenvalue weighted by Crippen LogP contribution is 2.33. The molecule has 26 heavy (non-hydrogen) atoms. The number of hydrogen-bond acceptors (Lipinski definition) is 5. The molecule has 1 fully saturated rings. The molecule has 3 rings (SSSR count). The third-order valence-corrected chi connectivity index (χ3v) is 4.33. The predicted octanol–water partition coefficient (Wildman–Crippen LogP) is 3.52. The fourth-order valence-corrected chi connectivity index (χ4v) is 2.93. The van der Waals surface area contributed by atoms with Crippen molar-refractivity contribution in [1.82, 2.24) is 10.6 Å². The lowest BCUT2D eigenvalue weighted by Crippen LogP contribution is -2.45. The van der Waals surface area contributed by atoms with Crippen molar-refractivity contribution in [2.45, 2.75) is 18.9 Å². The second kappa shape index (κ2) is 8.16. The summed E-state index contributed by atoms with van der Waals surface area (Å²) in [4.78, 5) is 22.8. The van der Waals surface area contributed by atoms with Crippen LogP contribution in [-0.2, 0) is 0 Å². The van der Waals surface area contributed by atoms with Crippen molar-refractivity contribution in [3.63, 3.8) is 0 Å². The van der Waals surface area contributed by atoms with Gasteiger partial charge in [0.2, 0.25) is 5.75 Å². The number of nitro benzene ring substituents is 1. The smallest absolute Gasteiger partial charge is 0.313 e. The van der Waals surface area contributed by atoms with Crippen molar-refractivity contribution in [2.24, 2.45) is 0 Å². The number of ether oxygens (including phenoxy) is 1. The van der Waals surface area contributed by atoms with E-state index in [9.17, 15) is 14.9 Å². The van der Waals surface area contributed by atoms with Crippen molar-refractivity contribution in [2.75, 3.05) is 13.1 Å². The van der Waals surface area contributed by atoms with Crippen LogP contribution in [0.15, 0.2) is 42.5 Å². The normalized spacial score (nSPS) is 16.7. The van der Waals surface area contributed by atoms with E-state index in [2.05, 4.69) is 10.6 Å². The van der Waals surface area contributed by atoms with Gasteiger partial charge in [-0.3, -0.25) is 14.9 Å². The maximum Gasteiger partial charge on any atom is 0.313 e. The lowest BCUT2D eigenvalue weighted by molar-refractivity contribution is -0.385. The van der Waals surface area contributed by atoms with Gasteiger partial charge in [0.1, 0.15) is 5.75 Å². The molecule has 2 aromatic carbocycles. The molecule has 0 radical (unpaired) electrons. The number of carbonyl (C=O) groups is 1. The number of hydrogen-bond donors (Lipinski definition) is 2. The van der Waals surface area contributed by atoms with Crippen LogP contribution in [0.25, 0.3) is 0 Å². The first kappa shape index (κ1) is 18.2. The van der Waals surface area contributed by atoms with E-state index in [-0.39, 0.29) is 28.4 Å². The summed E-state index contributed by atoms with van der Waals surface area (Å²) in [5.74, 6) is 0.332. The van der Waals surface area contributed by atoms with E-state index in [1.807, 2.05) is 0 Å². The molecular formula is C18H18ClN3O4. The van der Waals surface area contributed by atoms with Gasteiger partial charge in [-0.2, -0.15) is 0 Å². The van der Waals surface area contributed by atoms with Crippen LogP contribution in [0, 0.1) is 10.1 Å². The molecule has 1 aliphatic heterocycles. The van der Waals surface area contributed by atoms with Gasteiger partial charge in [0.15, 0.2) is 0 Å². The van der Waals surface area contributed by atoms with Gasteiger partial charge in [-0.15, -0.1) is 0 Å². The van der Waals surface area contributed by atoms with Crippen molar-refractivity contribution in [3.8, 4) is 11.5 Å². The molecule has 0 aromatic heterocycles. The molecule has 0 saturated carbocycles. The lowest BCUT2D eigenvalue weighted by atomic mass is 10.1. The number of carbonyl (C=O) groups excluding carboxylic acids is 1. The van der Waals surface area contributed by atoms with Crippen LogP contribution in [0.3, 0.4) is 0 Å². The Morgan fingerprint density at radius 3 is 2.69 bits per heavy atom. The zero-order chi connectivity index (χ0) is 18.5. The van der Waals surface area contributed by atoms with E-state index >= 15 is 0 Å². The van der Waals surface area contributed by atoms with Crippen molar-refractivity contribution >= 4 is 23.2 Å². The van der Waals surface area contributed by atoms with Gasteiger partial charge in [0.05, 0.1) is 4.92 Å². The first-order chi connectivity index (χ1) is 12.5. The van der Waals surface area contributed by atoms with Crippen LogP contribution in [0.5, 0.6) is 11.5 Å². The summed E-state index contributed by atoms with van der Waals surface area (Å²) in [5, 5.41) is 17.6. The second-order valence-corrected chi connectivity index (χ2v) is 6.45. The standard InChI is InChI=1S/C18H18ClN3O4/c19-13-5-8-17(16(10-13)22(24)25)26-15-6-3-12(4-7-15)18(23)21-14-2-1-9-20-11-14/h3-8,10,14,20H,1-2,9,11H2,(H,21,23)/t14-/m0/s1. The summed E-state index contributed by atoms with van der Waals surface area (Å²) in [6.45, 7) is 1.75. The first-order valence-corrected chi connectivity index (χ1v) is 8.64. The first-order valence-electron chi connectivity index (χ1n) is 8.26. The van der Waals surface area contributed by atoms with Crippen molar-refractivity contribution < 1.29 is 14.5 Å². The number of rotatable bonds is 5. The molecule has 1 saturated heterocycles. The Morgan fingerprint density at radius 2 is 2.04 bits per heavy atom. The number of nitro groups is 1. The average molecular weight is 376 g/mol. The molecule has 1 amide bonds. The number of nitrogens with zero attached hydrogens (tertiary/aromatic N) is 1. The Hall–Kier alpha value is -2.64. The zero-order valence-electron chi connectivity index (χ0n) is 13.9. The molecule has 1 atom stereocenters. The van der Waals surface area contributed by atoms with Crippen LogP contribution in [-0.4, -0.2) is 30.0 Å². The van der Waals surface area contributed by atoms with Gasteiger partial charge in [0.25, 0.3) is 5.91 Å². The Labute approximate surface area is 155 Å². The van der Waals surface area contributed by atoms with Crippen LogP contribution < -0.4 is 15.4 Å². The molecule has 1 heterocycles. The summed E-state index contributed by atoms with van der Waals surface area (Å²) in [6.07, 6.45) is 2.00. The summed E-state index contributed by atoms with van der Waals surface area (Å²) in [6, 6.07) is 10.8. The van der Waals surface area contributed by atoms with E-state index in [0.717, 1.165) is 25.9 Å². The van der Waals surface area contributed by atoms with E-state index in [1.165, 1.54) is 18.2 Å². The maximum absolute atomic E-state index is 12.3. The van der Waals surface area contributed by atoms with E-state index < -0.39 is 4.92 Å². The number of amides is 1. The Bertz CT molecular complexity index is 805. The van der Waals surface area contributed by atoms with Crippen molar-refractivity contribution in [3.05, 3.63) is 63.2 Å². The van der Waals surface area contributed by atoms with Crippen molar-refractivity contribution in [1.29, 1.82) is 0 Å². The van der Waals surface area contributed by atoms with Crippen LogP contribution in [0.4, 0.5) is 5.69 Å². The number of benzene rings is 2. The van der Waals surface area contributed by atoms with Gasteiger partial charge in [-0.1, -0.05) is 11.6 Å². The molecule has 0 aliphatic carbocycles. The molecule has 0 spiro atoms. The Kier molecular flexibility index (Phi) is 5.70. The Morgan fingerprint density at radius 1 is 1.27 bits per heavy atom. The van der Waals surface area contributed by atoms with Gasteiger partial charge in [-0.25, -0.2) is 0 Å². The fourth-order valence-electron chi connectivity index (χ4n) is 2.76. The van der Waals surface area contributed by atoms with Crippen LogP contribution in [0.2, 0.25) is 5.02 Å². The molecule has 2 N–H and O–H groups in total. The topological polar surface area (TPSA) is 93.5 Å². The van der Waals surface area contributed by atoms with Gasteiger partial charge >= 0.3 is 5.69 Å². The Balaban J connectivity index is 1.68. The highest BCUT2D eigenvalue weighted by atomic mass is 35.5. The molecule has 2 aromatic rings. The fraction of sp³-hybridized carbons (Fsp3) is 0.278. The largest absolute Gasteiger partial charge is 0.450 e. The number of halogens is 1. The molecule has 8 heteroatoms. The highest BCUT2D eigenvalue weighted by molar-refractivity contribution is 6.30. The SMILES string of the molecule is O=C(N[C@H]1CCCNC1)c1ccc(Oc2ccc(Cl)cc2[N+](=O)[O-])cc1. The van der Waals surface area contributed by atoms with E-state index in [4.69, 9.17) is 16.3 Å². The maximum atomic E-state index is 12.3. The lowest BCUT2D eigenvalue weighted by Gasteiger charge is -2.23. The second-order valence-electron chi connectivity index (χ2n) is 6.01. The summed E-state index contributed by atoms with van der Waals surface area (Å²) < 4.78 is 5.57. The highest BCUT2D eigenvalue weighted by Gasteiger charge is 2.18. The number of piperidine rings is 1. The van der Waals surface area contributed by atoms with Gasteiger partial charge in [-0.05, 0) is 55.8 Å². The summed E-state index contributed by atoms with van der Waals surface area (Å²) in [7, 11) is 0. The third kappa shape index (κ3) is 4.50. The molecule has 0 unspecified atom stereocenters. The molecule has 136 valence electrons. The van der Waals surface area contributed by atoms with Gasteiger partial charge < -0.3 is 15.4 Å². The van der Waals surface area contributed by atoms with Gasteiger partial charge in [0, 0.05) is 29.2 Å². The zero-order valence-corrected chi connectivity index (χ0v) is 14.7. The third-order valence-electron chi connectivity index (χ3n) is 4.09. The van der Waals surface area contributed by atoms with E-state index in [1.54, 1.807) is 24.3 Å². The monoisotopic (exact) mass is 375 g/mol. The molecule has 7 nitrogen and oxygen atoms in total. The molecular weight excluding hydrogens is 358 g/mol. The number of nitrogens with one attached hydrogen (secondary N) is 2. The summed E-state index contributed by atoms with van der Waals surface area (Å²) in [5.41, 5.74) is 0.289. The van der Waals surface area contributed by atoms with Crippen LogP contribution in [0.1, 0.15) is 23.2 Å². The van der Waals surface area contributed by atoms with E-state index in [0.29, 0.717) is 11.3 Å². The van der Waals surface area contributed by atoms with Crippen LogP contribution >= 0.6 is 11.6 Å². The minimum Gasteiger partial charge on any atom is -0.450 e. The average Bonchev–Trinajstić information content (AvgIpc) is 2.64. The molecule has 1 aliphatic rings. The quantitative estimate of drug-likeness (QED) is 0.616. The predicted molar refractivity (Wildman–Crippen MR) is 98.0 cm³/mol. The summed E-state index contributed by atoms with van der Waals surface area (Å²) >= 11 is 5.79. The molecule has 0 bridgehead atoms. The minimum absolute atomic E-state index is 0.0879. The minimum atomic E-state index is -0.554.